The minimum absolute atomic E-state index is 0.109. The molecular formula is C10H10Cl2O. The van der Waals surface area contributed by atoms with Gasteiger partial charge in [0.1, 0.15) is 6.29 Å². The third kappa shape index (κ3) is 3.02. The van der Waals surface area contributed by atoms with Gasteiger partial charge in [0, 0.05) is 11.4 Å². The smallest absolute Gasteiger partial charge is 0.150 e. The molecule has 3 heteroatoms. The Balaban J connectivity index is 2.80. The summed E-state index contributed by atoms with van der Waals surface area (Å²) in [4.78, 5) is 10.6. The normalized spacial score (nSPS) is 12.5. The molecule has 0 spiro atoms. The lowest BCUT2D eigenvalue weighted by atomic mass is 10.0. The zero-order chi connectivity index (χ0) is 9.68. The number of hydrogen-bond donors (Lipinski definition) is 0. The summed E-state index contributed by atoms with van der Waals surface area (Å²) in [5.74, 6) is 0.398. The number of carbonyl (C=O) groups is 1. The van der Waals surface area contributed by atoms with E-state index in [0.29, 0.717) is 17.9 Å². The van der Waals surface area contributed by atoms with Gasteiger partial charge >= 0.3 is 0 Å². The van der Waals surface area contributed by atoms with E-state index in [0.717, 1.165) is 11.8 Å². The van der Waals surface area contributed by atoms with Crippen molar-refractivity contribution in [1.82, 2.24) is 0 Å². The van der Waals surface area contributed by atoms with Gasteiger partial charge in [-0.1, -0.05) is 24.3 Å². The molecule has 13 heavy (non-hydrogen) atoms. The molecule has 0 fully saturated rings. The van der Waals surface area contributed by atoms with Crippen LogP contribution in [0.4, 0.5) is 0 Å². The van der Waals surface area contributed by atoms with E-state index >= 15 is 0 Å². The highest BCUT2D eigenvalue weighted by molar-refractivity contribution is 6.28. The van der Waals surface area contributed by atoms with E-state index in [1.54, 1.807) is 6.07 Å². The van der Waals surface area contributed by atoms with Gasteiger partial charge in [-0.25, -0.2) is 0 Å². The molecular weight excluding hydrogens is 207 g/mol. The molecule has 1 atom stereocenters. The summed E-state index contributed by atoms with van der Waals surface area (Å²) in [5.41, 5.74) is 1.65. The highest BCUT2D eigenvalue weighted by Gasteiger charge is 2.07. The molecule has 1 unspecified atom stereocenters. The van der Waals surface area contributed by atoms with Crippen LogP contribution in [0.3, 0.4) is 0 Å². The lowest BCUT2D eigenvalue weighted by Gasteiger charge is -2.06. The Labute approximate surface area is 87.7 Å². The number of halogens is 2. The minimum atomic E-state index is -0.109. The molecule has 1 rings (SSSR count). The Bertz CT molecular complexity index is 286. The Morgan fingerprint density at radius 1 is 1.38 bits per heavy atom. The van der Waals surface area contributed by atoms with Crippen molar-refractivity contribution < 1.29 is 4.79 Å². The molecule has 1 aromatic rings. The Hall–Kier alpha value is -0.530. The molecule has 0 bridgehead atoms. The number of carbonyl (C=O) groups excluding carboxylic acids is 1. The molecule has 1 nitrogen and oxygen atoms in total. The average molecular weight is 217 g/mol. The van der Waals surface area contributed by atoms with Crippen LogP contribution in [0.5, 0.6) is 0 Å². The van der Waals surface area contributed by atoms with Crippen LogP contribution >= 0.6 is 23.2 Å². The largest absolute Gasteiger partial charge is 0.298 e. The molecule has 0 aliphatic carbocycles. The number of alkyl halides is 2. The van der Waals surface area contributed by atoms with E-state index in [-0.39, 0.29) is 5.38 Å². The number of benzene rings is 1. The predicted octanol–water partition coefficient (Wildman–Crippen LogP) is 2.89. The molecule has 1 aromatic carbocycles. The van der Waals surface area contributed by atoms with Crippen molar-refractivity contribution in [2.24, 2.45) is 0 Å². The molecule has 0 N–H and O–H groups in total. The summed E-state index contributed by atoms with van der Waals surface area (Å²) >= 11 is 11.5. The highest BCUT2D eigenvalue weighted by atomic mass is 35.5. The molecule has 0 aliphatic heterocycles. The van der Waals surface area contributed by atoms with Gasteiger partial charge < -0.3 is 0 Å². The van der Waals surface area contributed by atoms with Crippen molar-refractivity contribution in [3.63, 3.8) is 0 Å². The first-order chi connectivity index (χ1) is 6.27. The maximum atomic E-state index is 10.6. The van der Waals surface area contributed by atoms with Crippen LogP contribution in [0.2, 0.25) is 0 Å². The second-order valence-electron chi connectivity index (χ2n) is 2.77. The van der Waals surface area contributed by atoms with Crippen LogP contribution in [-0.2, 0) is 6.42 Å². The molecule has 0 saturated heterocycles. The SMILES string of the molecule is O=Cc1ccccc1CC(Cl)CCl. The van der Waals surface area contributed by atoms with Crippen LogP contribution in [0, 0.1) is 0 Å². The van der Waals surface area contributed by atoms with E-state index in [1.807, 2.05) is 18.2 Å². The quantitative estimate of drug-likeness (QED) is 0.559. The molecule has 70 valence electrons. The maximum absolute atomic E-state index is 10.6. The van der Waals surface area contributed by atoms with E-state index in [2.05, 4.69) is 0 Å². The molecule has 0 aromatic heterocycles. The van der Waals surface area contributed by atoms with Gasteiger partial charge in [0.15, 0.2) is 0 Å². The molecule has 0 radical (unpaired) electrons. The van der Waals surface area contributed by atoms with Crippen molar-refractivity contribution in [3.8, 4) is 0 Å². The molecule has 0 amide bonds. The van der Waals surface area contributed by atoms with E-state index < -0.39 is 0 Å². The summed E-state index contributed by atoms with van der Waals surface area (Å²) in [7, 11) is 0. The fraction of sp³-hybridized carbons (Fsp3) is 0.300. The minimum Gasteiger partial charge on any atom is -0.298 e. The maximum Gasteiger partial charge on any atom is 0.150 e. The lowest BCUT2D eigenvalue weighted by Crippen LogP contribution is -2.06. The predicted molar refractivity (Wildman–Crippen MR) is 55.9 cm³/mol. The fourth-order valence-electron chi connectivity index (χ4n) is 1.13. The molecule has 0 aliphatic rings. The first-order valence-electron chi connectivity index (χ1n) is 4.01. The standard InChI is InChI=1S/C10H10Cl2O/c11-6-10(12)5-8-3-1-2-4-9(8)7-13/h1-4,7,10H,5-6H2. The second-order valence-corrected chi connectivity index (χ2v) is 3.70. The summed E-state index contributed by atoms with van der Waals surface area (Å²) in [6.07, 6.45) is 1.48. The Morgan fingerprint density at radius 3 is 2.69 bits per heavy atom. The van der Waals surface area contributed by atoms with Crippen LogP contribution < -0.4 is 0 Å². The van der Waals surface area contributed by atoms with Gasteiger partial charge in [-0.05, 0) is 12.0 Å². The van der Waals surface area contributed by atoms with Gasteiger partial charge in [0.2, 0.25) is 0 Å². The monoisotopic (exact) mass is 216 g/mol. The van der Waals surface area contributed by atoms with Crippen molar-refractivity contribution >= 4 is 29.5 Å². The number of rotatable bonds is 4. The molecule has 0 saturated carbocycles. The van der Waals surface area contributed by atoms with Crippen molar-refractivity contribution in [3.05, 3.63) is 35.4 Å². The zero-order valence-corrected chi connectivity index (χ0v) is 8.55. The van der Waals surface area contributed by atoms with Gasteiger partial charge in [0.25, 0.3) is 0 Å². The van der Waals surface area contributed by atoms with E-state index in [1.165, 1.54) is 0 Å². The van der Waals surface area contributed by atoms with Gasteiger partial charge in [-0.3, -0.25) is 4.79 Å². The van der Waals surface area contributed by atoms with Crippen LogP contribution in [0.15, 0.2) is 24.3 Å². The Morgan fingerprint density at radius 2 is 2.08 bits per heavy atom. The van der Waals surface area contributed by atoms with E-state index in [4.69, 9.17) is 23.2 Å². The number of aldehydes is 1. The first kappa shape index (κ1) is 10.6. The lowest BCUT2D eigenvalue weighted by molar-refractivity contribution is 0.112. The molecule has 0 heterocycles. The Kier molecular flexibility index (Phi) is 4.26. The first-order valence-corrected chi connectivity index (χ1v) is 4.98. The van der Waals surface area contributed by atoms with Gasteiger partial charge in [-0.2, -0.15) is 0 Å². The third-order valence-electron chi connectivity index (χ3n) is 1.79. The zero-order valence-electron chi connectivity index (χ0n) is 7.04. The van der Waals surface area contributed by atoms with Crippen LogP contribution in [-0.4, -0.2) is 17.5 Å². The second kappa shape index (κ2) is 5.25. The summed E-state index contributed by atoms with van der Waals surface area (Å²) in [6, 6.07) is 7.39. The van der Waals surface area contributed by atoms with Gasteiger partial charge in [0.05, 0.1) is 5.38 Å². The summed E-state index contributed by atoms with van der Waals surface area (Å²) in [6.45, 7) is 0. The fourth-order valence-corrected chi connectivity index (χ4v) is 1.40. The average Bonchev–Trinajstić information content (AvgIpc) is 2.18. The van der Waals surface area contributed by atoms with Crippen LogP contribution in [0.25, 0.3) is 0 Å². The third-order valence-corrected chi connectivity index (χ3v) is 2.63. The summed E-state index contributed by atoms with van der Waals surface area (Å²) < 4.78 is 0. The van der Waals surface area contributed by atoms with Crippen molar-refractivity contribution in [2.45, 2.75) is 11.8 Å². The topological polar surface area (TPSA) is 17.1 Å². The number of hydrogen-bond acceptors (Lipinski definition) is 1. The van der Waals surface area contributed by atoms with E-state index in [9.17, 15) is 4.79 Å². The van der Waals surface area contributed by atoms with Crippen LogP contribution in [0.1, 0.15) is 15.9 Å². The van der Waals surface area contributed by atoms with Gasteiger partial charge in [-0.15, -0.1) is 23.2 Å². The van der Waals surface area contributed by atoms with Crippen molar-refractivity contribution in [2.75, 3.05) is 5.88 Å². The summed E-state index contributed by atoms with van der Waals surface area (Å²) in [5, 5.41) is -0.109. The van der Waals surface area contributed by atoms with Crippen molar-refractivity contribution in [1.29, 1.82) is 0 Å². The highest BCUT2D eigenvalue weighted by Crippen LogP contribution is 2.13.